The summed E-state index contributed by atoms with van der Waals surface area (Å²) >= 11 is 0. The van der Waals surface area contributed by atoms with Gasteiger partial charge in [0.1, 0.15) is 18.0 Å². The van der Waals surface area contributed by atoms with Gasteiger partial charge in [-0.05, 0) is 33.2 Å². The van der Waals surface area contributed by atoms with Crippen LogP contribution < -0.4 is 15.5 Å². The van der Waals surface area contributed by atoms with E-state index in [2.05, 4.69) is 53.2 Å². The normalized spacial score (nSPS) is 21.1. The Morgan fingerprint density at radius 1 is 1.37 bits per heavy atom. The maximum atomic E-state index is 4.42. The van der Waals surface area contributed by atoms with Gasteiger partial charge in [0.05, 0.1) is 0 Å². The van der Waals surface area contributed by atoms with E-state index in [4.69, 9.17) is 0 Å². The Hall–Kier alpha value is -1.36. The minimum absolute atomic E-state index is 0.0132. The Kier molecular flexibility index (Phi) is 4.24. The molecular formula is C14H25N5. The van der Waals surface area contributed by atoms with Gasteiger partial charge in [0, 0.05) is 31.2 Å². The molecule has 19 heavy (non-hydrogen) atoms. The molecule has 1 aromatic heterocycles. The molecule has 106 valence electrons. The van der Waals surface area contributed by atoms with E-state index in [1.165, 1.54) is 0 Å². The number of aromatic nitrogens is 2. The van der Waals surface area contributed by atoms with Crippen LogP contribution in [0.5, 0.6) is 0 Å². The predicted octanol–water partition coefficient (Wildman–Crippen LogP) is 1.73. The molecule has 1 fully saturated rings. The van der Waals surface area contributed by atoms with Crippen molar-refractivity contribution >= 4 is 11.6 Å². The van der Waals surface area contributed by atoms with Gasteiger partial charge in [-0.15, -0.1) is 0 Å². The quantitative estimate of drug-likeness (QED) is 0.851. The summed E-state index contributed by atoms with van der Waals surface area (Å²) in [6, 6.07) is 2.04. The molecule has 5 nitrogen and oxygen atoms in total. The third-order valence-corrected chi connectivity index (χ3v) is 3.06. The van der Waals surface area contributed by atoms with Crippen LogP contribution in [0.1, 0.15) is 27.7 Å². The van der Waals surface area contributed by atoms with Gasteiger partial charge in [-0.1, -0.05) is 6.92 Å². The van der Waals surface area contributed by atoms with Gasteiger partial charge in [-0.2, -0.15) is 0 Å². The lowest BCUT2D eigenvalue weighted by Crippen LogP contribution is -2.31. The lowest BCUT2D eigenvalue weighted by atomic mass is 10.1. The van der Waals surface area contributed by atoms with Crippen LogP contribution in [0.4, 0.5) is 11.6 Å². The highest BCUT2D eigenvalue weighted by atomic mass is 15.2. The summed E-state index contributed by atoms with van der Waals surface area (Å²) in [7, 11) is 0. The topological polar surface area (TPSA) is 53.1 Å². The summed E-state index contributed by atoms with van der Waals surface area (Å²) in [6.45, 7) is 12.8. The second-order valence-corrected chi connectivity index (χ2v) is 6.39. The van der Waals surface area contributed by atoms with E-state index in [1.54, 1.807) is 6.33 Å². The molecule has 1 aliphatic heterocycles. The maximum absolute atomic E-state index is 4.42. The van der Waals surface area contributed by atoms with Crippen LogP contribution in [-0.4, -0.2) is 41.7 Å². The Bertz CT molecular complexity index is 413. The number of nitrogens with one attached hydrogen (secondary N) is 2. The molecular weight excluding hydrogens is 238 g/mol. The van der Waals surface area contributed by atoms with E-state index in [9.17, 15) is 0 Å². The average molecular weight is 263 g/mol. The van der Waals surface area contributed by atoms with Gasteiger partial charge in [0.15, 0.2) is 0 Å². The number of anilines is 2. The van der Waals surface area contributed by atoms with Crippen molar-refractivity contribution in [3.05, 3.63) is 12.4 Å². The first kappa shape index (κ1) is 14.1. The first-order valence-corrected chi connectivity index (χ1v) is 7.00. The summed E-state index contributed by atoms with van der Waals surface area (Å²) in [6.07, 6.45) is 1.65. The third kappa shape index (κ3) is 4.35. The zero-order valence-corrected chi connectivity index (χ0v) is 12.4. The molecule has 0 bridgehead atoms. The van der Waals surface area contributed by atoms with Gasteiger partial charge in [-0.3, -0.25) is 0 Å². The average Bonchev–Trinajstić information content (AvgIpc) is 2.52. The summed E-state index contributed by atoms with van der Waals surface area (Å²) < 4.78 is 0. The molecule has 1 aromatic rings. The molecule has 0 amide bonds. The molecule has 2 N–H and O–H groups in total. The minimum atomic E-state index is 0.0132. The van der Waals surface area contributed by atoms with E-state index < -0.39 is 0 Å². The van der Waals surface area contributed by atoms with E-state index in [-0.39, 0.29) is 5.54 Å². The molecule has 0 aromatic carbocycles. The monoisotopic (exact) mass is 263 g/mol. The van der Waals surface area contributed by atoms with Gasteiger partial charge in [-0.25, -0.2) is 9.97 Å². The van der Waals surface area contributed by atoms with Crippen LogP contribution in [0.2, 0.25) is 0 Å². The fourth-order valence-electron chi connectivity index (χ4n) is 2.28. The molecule has 0 aliphatic carbocycles. The molecule has 5 heteroatoms. The summed E-state index contributed by atoms with van der Waals surface area (Å²) in [5.41, 5.74) is 0.0132. The fourth-order valence-corrected chi connectivity index (χ4v) is 2.28. The predicted molar refractivity (Wildman–Crippen MR) is 79.7 cm³/mol. The van der Waals surface area contributed by atoms with Crippen LogP contribution >= 0.6 is 0 Å². The van der Waals surface area contributed by atoms with E-state index >= 15 is 0 Å². The molecule has 0 spiro atoms. The first-order chi connectivity index (χ1) is 8.94. The van der Waals surface area contributed by atoms with Gasteiger partial charge >= 0.3 is 0 Å². The van der Waals surface area contributed by atoms with Crippen molar-refractivity contribution in [3.63, 3.8) is 0 Å². The van der Waals surface area contributed by atoms with Crippen molar-refractivity contribution in [2.45, 2.75) is 33.2 Å². The molecule has 1 aliphatic rings. The minimum Gasteiger partial charge on any atom is -0.365 e. The number of hydrogen-bond acceptors (Lipinski definition) is 5. The smallest absolute Gasteiger partial charge is 0.134 e. The highest BCUT2D eigenvalue weighted by Crippen LogP contribution is 2.18. The second kappa shape index (κ2) is 5.74. The molecule has 0 saturated carbocycles. The SMILES string of the molecule is CC1CNCCN(c2cc(NC(C)(C)C)ncn2)C1. The van der Waals surface area contributed by atoms with E-state index in [0.29, 0.717) is 5.92 Å². The molecule has 2 heterocycles. The summed E-state index contributed by atoms with van der Waals surface area (Å²) in [5, 5.41) is 6.84. The second-order valence-electron chi connectivity index (χ2n) is 6.39. The molecule has 0 radical (unpaired) electrons. The van der Waals surface area contributed by atoms with Crippen molar-refractivity contribution in [2.75, 3.05) is 36.4 Å². The highest BCUT2D eigenvalue weighted by molar-refractivity contribution is 5.49. The third-order valence-electron chi connectivity index (χ3n) is 3.06. The highest BCUT2D eigenvalue weighted by Gasteiger charge is 2.17. The number of rotatable bonds is 2. The molecule has 1 atom stereocenters. The van der Waals surface area contributed by atoms with Crippen LogP contribution in [0.3, 0.4) is 0 Å². The fraction of sp³-hybridized carbons (Fsp3) is 0.714. The Morgan fingerprint density at radius 3 is 2.89 bits per heavy atom. The number of nitrogens with zero attached hydrogens (tertiary/aromatic N) is 3. The van der Waals surface area contributed by atoms with Gasteiger partial charge in [0.2, 0.25) is 0 Å². The largest absolute Gasteiger partial charge is 0.365 e. The van der Waals surface area contributed by atoms with Crippen molar-refractivity contribution < 1.29 is 0 Å². The van der Waals surface area contributed by atoms with Crippen LogP contribution in [0, 0.1) is 5.92 Å². The van der Waals surface area contributed by atoms with Crippen LogP contribution in [0.25, 0.3) is 0 Å². The lowest BCUT2D eigenvalue weighted by molar-refractivity contribution is 0.562. The summed E-state index contributed by atoms with van der Waals surface area (Å²) in [4.78, 5) is 11.0. The van der Waals surface area contributed by atoms with Gasteiger partial charge < -0.3 is 15.5 Å². The zero-order chi connectivity index (χ0) is 13.9. The van der Waals surface area contributed by atoms with E-state index in [0.717, 1.165) is 37.8 Å². The zero-order valence-electron chi connectivity index (χ0n) is 12.4. The standard InChI is InChI=1S/C14H25N5/c1-11-8-15-5-6-19(9-11)13-7-12(16-10-17-13)18-14(2,3)4/h7,10-11,15H,5-6,8-9H2,1-4H3,(H,16,17,18). The van der Waals surface area contributed by atoms with Gasteiger partial charge in [0.25, 0.3) is 0 Å². The van der Waals surface area contributed by atoms with Crippen molar-refractivity contribution in [1.82, 2.24) is 15.3 Å². The van der Waals surface area contributed by atoms with Crippen LogP contribution in [-0.2, 0) is 0 Å². The Balaban J connectivity index is 2.13. The van der Waals surface area contributed by atoms with Crippen molar-refractivity contribution in [2.24, 2.45) is 5.92 Å². The first-order valence-electron chi connectivity index (χ1n) is 7.00. The number of hydrogen-bond donors (Lipinski definition) is 2. The summed E-state index contributed by atoms with van der Waals surface area (Å²) in [5.74, 6) is 2.54. The van der Waals surface area contributed by atoms with Crippen molar-refractivity contribution in [1.29, 1.82) is 0 Å². The Labute approximate surface area is 115 Å². The van der Waals surface area contributed by atoms with E-state index in [1.807, 2.05) is 6.07 Å². The van der Waals surface area contributed by atoms with Crippen LogP contribution in [0.15, 0.2) is 12.4 Å². The molecule has 1 saturated heterocycles. The van der Waals surface area contributed by atoms with Crippen molar-refractivity contribution in [3.8, 4) is 0 Å². The maximum Gasteiger partial charge on any atom is 0.134 e. The molecule has 2 rings (SSSR count). The Morgan fingerprint density at radius 2 is 2.16 bits per heavy atom. The lowest BCUT2D eigenvalue weighted by Gasteiger charge is -2.25. The molecule has 1 unspecified atom stereocenters.